The van der Waals surface area contributed by atoms with Gasteiger partial charge in [0.1, 0.15) is 11.6 Å². The van der Waals surface area contributed by atoms with Crippen molar-refractivity contribution < 1.29 is 0 Å². The minimum Gasteiger partial charge on any atom is -0.373 e. The number of hydrogen-bond donors (Lipinski definition) is 1. The Balaban J connectivity index is 2.46. The molecule has 12 heavy (non-hydrogen) atoms. The van der Waals surface area contributed by atoms with Crippen molar-refractivity contribution in [3.05, 3.63) is 11.5 Å². The fourth-order valence-corrected chi connectivity index (χ4v) is 1.93. The molecule has 0 unspecified atom stereocenters. The molecule has 2 rings (SSSR count). The Kier molecular flexibility index (Phi) is 1.79. The third-order valence-corrected chi connectivity index (χ3v) is 2.49. The van der Waals surface area contributed by atoms with Gasteiger partial charge in [0.05, 0.1) is 5.69 Å². The van der Waals surface area contributed by atoms with Crippen LogP contribution in [-0.4, -0.2) is 16.6 Å². The molecule has 0 spiro atoms. The lowest BCUT2D eigenvalue weighted by Crippen LogP contribution is -2.12. The number of nitrogens with one attached hydrogen (secondary N) is 1. The highest BCUT2D eigenvalue weighted by Crippen LogP contribution is 2.22. The second kappa shape index (κ2) is 2.81. The molecule has 0 aliphatic carbocycles. The number of anilines is 1. The van der Waals surface area contributed by atoms with Crippen molar-refractivity contribution in [1.29, 1.82) is 0 Å². The van der Waals surface area contributed by atoms with Crippen LogP contribution in [-0.2, 0) is 13.0 Å². The molecular formula is C9H15N3. The highest BCUT2D eigenvalue weighted by molar-refractivity contribution is 5.42. The number of aromatic nitrogens is 2. The summed E-state index contributed by atoms with van der Waals surface area (Å²) in [6, 6.07) is 0. The van der Waals surface area contributed by atoms with Gasteiger partial charge in [-0.15, -0.1) is 0 Å². The lowest BCUT2D eigenvalue weighted by atomic mass is 10.2. The average Bonchev–Trinajstić information content (AvgIpc) is 2.40. The molecule has 3 nitrogen and oxygen atoms in total. The largest absolute Gasteiger partial charge is 0.373 e. The Morgan fingerprint density at radius 3 is 3.00 bits per heavy atom. The number of rotatable bonds is 1. The van der Waals surface area contributed by atoms with Crippen molar-refractivity contribution >= 4 is 5.82 Å². The first-order valence-electron chi connectivity index (χ1n) is 4.56. The molecule has 0 fully saturated rings. The van der Waals surface area contributed by atoms with E-state index in [-0.39, 0.29) is 0 Å². The van der Waals surface area contributed by atoms with E-state index in [0.717, 1.165) is 18.7 Å². The van der Waals surface area contributed by atoms with Gasteiger partial charge in [0, 0.05) is 20.0 Å². The summed E-state index contributed by atoms with van der Waals surface area (Å²) in [6.07, 6.45) is 3.72. The van der Waals surface area contributed by atoms with E-state index >= 15 is 0 Å². The van der Waals surface area contributed by atoms with E-state index < -0.39 is 0 Å². The lowest BCUT2D eigenvalue weighted by Gasteiger charge is -2.15. The Hall–Kier alpha value is -0.990. The SMILES string of the molecule is CNc1c(C)nc2n1CCCC2. The van der Waals surface area contributed by atoms with Gasteiger partial charge in [-0.25, -0.2) is 4.98 Å². The fraction of sp³-hybridized carbons (Fsp3) is 0.667. The predicted molar refractivity (Wildman–Crippen MR) is 49.4 cm³/mol. The van der Waals surface area contributed by atoms with Crippen LogP contribution in [0.3, 0.4) is 0 Å². The summed E-state index contributed by atoms with van der Waals surface area (Å²) < 4.78 is 2.30. The Morgan fingerprint density at radius 2 is 2.25 bits per heavy atom. The Bertz CT molecular complexity index is 288. The number of aryl methyl sites for hydroxylation is 2. The van der Waals surface area contributed by atoms with Gasteiger partial charge in [-0.3, -0.25) is 0 Å². The first-order valence-corrected chi connectivity index (χ1v) is 4.56. The van der Waals surface area contributed by atoms with Gasteiger partial charge in [-0.1, -0.05) is 0 Å². The maximum Gasteiger partial charge on any atom is 0.128 e. The van der Waals surface area contributed by atoms with Crippen LogP contribution in [0.15, 0.2) is 0 Å². The average molecular weight is 165 g/mol. The third kappa shape index (κ3) is 1.00. The zero-order valence-electron chi connectivity index (χ0n) is 7.72. The van der Waals surface area contributed by atoms with E-state index in [1.807, 2.05) is 7.05 Å². The summed E-state index contributed by atoms with van der Waals surface area (Å²) in [5.41, 5.74) is 1.13. The zero-order chi connectivity index (χ0) is 8.55. The smallest absolute Gasteiger partial charge is 0.128 e. The molecule has 0 amide bonds. The molecule has 0 bridgehead atoms. The van der Waals surface area contributed by atoms with E-state index in [2.05, 4.69) is 21.8 Å². The van der Waals surface area contributed by atoms with E-state index in [4.69, 9.17) is 0 Å². The van der Waals surface area contributed by atoms with Crippen molar-refractivity contribution in [1.82, 2.24) is 9.55 Å². The van der Waals surface area contributed by atoms with Crippen LogP contribution in [0.4, 0.5) is 5.82 Å². The summed E-state index contributed by atoms with van der Waals surface area (Å²) in [7, 11) is 1.96. The zero-order valence-corrected chi connectivity index (χ0v) is 7.72. The molecule has 1 aromatic heterocycles. The van der Waals surface area contributed by atoms with Gasteiger partial charge in [-0.05, 0) is 19.8 Å². The van der Waals surface area contributed by atoms with Crippen LogP contribution in [0, 0.1) is 6.92 Å². The summed E-state index contributed by atoms with van der Waals surface area (Å²) in [4.78, 5) is 4.52. The number of nitrogens with zero attached hydrogens (tertiary/aromatic N) is 2. The fourth-order valence-electron chi connectivity index (χ4n) is 1.93. The molecule has 0 saturated heterocycles. The summed E-state index contributed by atoms with van der Waals surface area (Å²) in [5, 5.41) is 3.20. The van der Waals surface area contributed by atoms with E-state index in [0.29, 0.717) is 0 Å². The van der Waals surface area contributed by atoms with Crippen molar-refractivity contribution in [2.75, 3.05) is 12.4 Å². The highest BCUT2D eigenvalue weighted by Gasteiger charge is 2.15. The first kappa shape index (κ1) is 7.65. The molecule has 1 aromatic rings. The molecule has 0 aromatic carbocycles. The summed E-state index contributed by atoms with van der Waals surface area (Å²) in [5.74, 6) is 2.45. The van der Waals surface area contributed by atoms with Crippen molar-refractivity contribution in [2.24, 2.45) is 0 Å². The molecule has 66 valence electrons. The third-order valence-electron chi connectivity index (χ3n) is 2.49. The standard InChI is InChI=1S/C9H15N3/c1-7-9(10-2)12-6-4-3-5-8(12)11-7/h10H,3-6H2,1-2H3. The topological polar surface area (TPSA) is 29.9 Å². The molecule has 1 aliphatic rings. The van der Waals surface area contributed by atoms with Crippen LogP contribution < -0.4 is 5.32 Å². The van der Waals surface area contributed by atoms with E-state index in [1.165, 1.54) is 24.5 Å². The lowest BCUT2D eigenvalue weighted by molar-refractivity contribution is 0.526. The Morgan fingerprint density at radius 1 is 1.42 bits per heavy atom. The molecule has 0 radical (unpaired) electrons. The second-order valence-electron chi connectivity index (χ2n) is 3.32. The van der Waals surface area contributed by atoms with Crippen molar-refractivity contribution in [2.45, 2.75) is 32.7 Å². The normalized spacial score (nSPS) is 15.8. The maximum atomic E-state index is 4.52. The second-order valence-corrected chi connectivity index (χ2v) is 3.32. The molecule has 2 heterocycles. The van der Waals surface area contributed by atoms with Crippen LogP contribution >= 0.6 is 0 Å². The van der Waals surface area contributed by atoms with Crippen molar-refractivity contribution in [3.63, 3.8) is 0 Å². The molecule has 1 N–H and O–H groups in total. The monoisotopic (exact) mass is 165 g/mol. The minimum atomic E-state index is 1.13. The number of imidazole rings is 1. The predicted octanol–water partition coefficient (Wildman–Crippen LogP) is 1.57. The molecule has 0 atom stereocenters. The van der Waals surface area contributed by atoms with Crippen LogP contribution in [0.25, 0.3) is 0 Å². The van der Waals surface area contributed by atoms with Gasteiger partial charge in [-0.2, -0.15) is 0 Å². The summed E-state index contributed by atoms with van der Waals surface area (Å²) in [6.45, 7) is 3.20. The van der Waals surface area contributed by atoms with Gasteiger partial charge < -0.3 is 9.88 Å². The van der Waals surface area contributed by atoms with Crippen molar-refractivity contribution in [3.8, 4) is 0 Å². The van der Waals surface area contributed by atoms with Gasteiger partial charge in [0.15, 0.2) is 0 Å². The van der Waals surface area contributed by atoms with Gasteiger partial charge in [0.2, 0.25) is 0 Å². The minimum absolute atomic E-state index is 1.13. The molecular weight excluding hydrogens is 150 g/mol. The highest BCUT2D eigenvalue weighted by atomic mass is 15.2. The maximum absolute atomic E-state index is 4.52. The summed E-state index contributed by atoms with van der Waals surface area (Å²) >= 11 is 0. The van der Waals surface area contributed by atoms with E-state index in [9.17, 15) is 0 Å². The van der Waals surface area contributed by atoms with Crippen LogP contribution in [0.2, 0.25) is 0 Å². The van der Waals surface area contributed by atoms with Crippen LogP contribution in [0.5, 0.6) is 0 Å². The van der Waals surface area contributed by atoms with Crippen LogP contribution in [0.1, 0.15) is 24.4 Å². The first-order chi connectivity index (χ1) is 5.83. The molecule has 3 heteroatoms. The van der Waals surface area contributed by atoms with Gasteiger partial charge >= 0.3 is 0 Å². The van der Waals surface area contributed by atoms with E-state index in [1.54, 1.807) is 0 Å². The quantitative estimate of drug-likeness (QED) is 0.684. The number of fused-ring (bicyclic) bond motifs is 1. The van der Waals surface area contributed by atoms with Gasteiger partial charge in [0.25, 0.3) is 0 Å². The molecule has 1 aliphatic heterocycles. The Labute approximate surface area is 72.8 Å². The number of hydrogen-bond acceptors (Lipinski definition) is 2. The molecule has 0 saturated carbocycles.